The summed E-state index contributed by atoms with van der Waals surface area (Å²) in [6.07, 6.45) is 7.58. The largest absolute Gasteiger partial charge is 0.356 e. The molecule has 1 aromatic rings. The molecule has 0 aromatic heterocycles. The lowest BCUT2D eigenvalue weighted by Crippen LogP contribution is -2.26. The maximum atomic E-state index is 11.7. The van der Waals surface area contributed by atoms with Gasteiger partial charge in [0.2, 0.25) is 5.91 Å². The smallest absolute Gasteiger partial charge is 0.220 e. The predicted molar refractivity (Wildman–Crippen MR) is 87.3 cm³/mol. The van der Waals surface area contributed by atoms with Gasteiger partial charge in [-0.05, 0) is 63.7 Å². The molecule has 0 radical (unpaired) electrons. The van der Waals surface area contributed by atoms with Gasteiger partial charge in [0.25, 0.3) is 0 Å². The number of nitrogens with one attached hydrogen (secondary N) is 1. The number of rotatable bonds is 9. The number of unbranched alkanes of at least 4 members (excludes halogenated alkanes) is 1. The van der Waals surface area contributed by atoms with Crippen LogP contribution in [-0.4, -0.2) is 37.0 Å². The first-order chi connectivity index (χ1) is 10.3. The Bertz CT molecular complexity index is 399. The van der Waals surface area contributed by atoms with Crippen LogP contribution in [-0.2, 0) is 11.2 Å². The highest BCUT2D eigenvalue weighted by Gasteiger charge is 2.10. The van der Waals surface area contributed by atoms with E-state index in [1.54, 1.807) is 0 Å². The van der Waals surface area contributed by atoms with Crippen LogP contribution < -0.4 is 5.32 Å². The van der Waals surface area contributed by atoms with Gasteiger partial charge in [0.05, 0.1) is 0 Å². The molecule has 0 atom stereocenters. The topological polar surface area (TPSA) is 32.3 Å². The van der Waals surface area contributed by atoms with Crippen LogP contribution >= 0.6 is 0 Å². The molecule has 1 aliphatic heterocycles. The fourth-order valence-corrected chi connectivity index (χ4v) is 2.88. The van der Waals surface area contributed by atoms with Gasteiger partial charge in [0.15, 0.2) is 0 Å². The molecule has 1 heterocycles. The summed E-state index contributed by atoms with van der Waals surface area (Å²) < 4.78 is 0. The van der Waals surface area contributed by atoms with E-state index >= 15 is 0 Å². The summed E-state index contributed by atoms with van der Waals surface area (Å²) in [5, 5.41) is 3.04. The molecule has 0 spiro atoms. The van der Waals surface area contributed by atoms with Gasteiger partial charge in [-0.2, -0.15) is 0 Å². The minimum atomic E-state index is 0.201. The van der Waals surface area contributed by atoms with Crippen molar-refractivity contribution < 1.29 is 4.79 Å². The standard InChI is InChI=1S/C18H28N2O/c21-18(12-8-11-17-9-2-1-3-10-17)19-13-4-5-14-20-15-6-7-16-20/h1-3,9-10H,4-8,11-16H2,(H,19,21). The van der Waals surface area contributed by atoms with Gasteiger partial charge in [-0.15, -0.1) is 0 Å². The number of carbonyl (C=O) groups is 1. The molecule has 0 saturated carbocycles. The van der Waals surface area contributed by atoms with E-state index in [2.05, 4.69) is 34.5 Å². The van der Waals surface area contributed by atoms with Crippen LogP contribution in [0.4, 0.5) is 0 Å². The Labute approximate surface area is 128 Å². The van der Waals surface area contributed by atoms with E-state index in [1.165, 1.54) is 44.5 Å². The van der Waals surface area contributed by atoms with E-state index in [-0.39, 0.29) is 5.91 Å². The monoisotopic (exact) mass is 288 g/mol. The number of nitrogens with zero attached hydrogens (tertiary/aromatic N) is 1. The Morgan fingerprint density at radius 3 is 2.57 bits per heavy atom. The lowest BCUT2D eigenvalue weighted by Gasteiger charge is -2.14. The van der Waals surface area contributed by atoms with E-state index in [9.17, 15) is 4.79 Å². The fourth-order valence-electron chi connectivity index (χ4n) is 2.88. The molecular weight excluding hydrogens is 260 g/mol. The molecule has 21 heavy (non-hydrogen) atoms. The van der Waals surface area contributed by atoms with E-state index in [0.717, 1.165) is 25.8 Å². The Balaban J connectivity index is 1.44. The molecule has 1 aromatic carbocycles. The molecule has 3 nitrogen and oxygen atoms in total. The maximum absolute atomic E-state index is 11.7. The lowest BCUT2D eigenvalue weighted by molar-refractivity contribution is -0.121. The minimum absolute atomic E-state index is 0.201. The van der Waals surface area contributed by atoms with Gasteiger partial charge in [0, 0.05) is 13.0 Å². The average Bonchev–Trinajstić information content (AvgIpc) is 3.01. The van der Waals surface area contributed by atoms with Crippen molar-refractivity contribution in [2.75, 3.05) is 26.2 Å². The summed E-state index contributed by atoms with van der Waals surface area (Å²) in [6, 6.07) is 10.4. The Morgan fingerprint density at radius 1 is 1.05 bits per heavy atom. The predicted octanol–water partition coefficient (Wildman–Crippen LogP) is 3.00. The van der Waals surface area contributed by atoms with Crippen molar-refractivity contribution in [1.82, 2.24) is 10.2 Å². The van der Waals surface area contributed by atoms with Gasteiger partial charge in [-0.1, -0.05) is 30.3 Å². The Kier molecular flexibility index (Phi) is 7.30. The van der Waals surface area contributed by atoms with Gasteiger partial charge in [0.1, 0.15) is 0 Å². The zero-order valence-electron chi connectivity index (χ0n) is 13.0. The lowest BCUT2D eigenvalue weighted by atomic mass is 10.1. The second-order valence-electron chi connectivity index (χ2n) is 5.94. The van der Waals surface area contributed by atoms with Crippen molar-refractivity contribution in [1.29, 1.82) is 0 Å². The SMILES string of the molecule is O=C(CCCc1ccccc1)NCCCCN1CCCC1. The van der Waals surface area contributed by atoms with Gasteiger partial charge >= 0.3 is 0 Å². The minimum Gasteiger partial charge on any atom is -0.356 e. The number of benzene rings is 1. The van der Waals surface area contributed by atoms with E-state index in [1.807, 2.05) is 6.07 Å². The molecule has 0 aliphatic carbocycles. The maximum Gasteiger partial charge on any atom is 0.220 e. The molecule has 0 unspecified atom stereocenters. The molecule has 1 saturated heterocycles. The van der Waals surface area contributed by atoms with Crippen molar-refractivity contribution in [3.8, 4) is 0 Å². The summed E-state index contributed by atoms with van der Waals surface area (Å²) >= 11 is 0. The number of hydrogen-bond acceptors (Lipinski definition) is 2. The molecule has 116 valence electrons. The molecule has 1 fully saturated rings. The highest BCUT2D eigenvalue weighted by atomic mass is 16.1. The van der Waals surface area contributed by atoms with Crippen molar-refractivity contribution in [2.45, 2.75) is 44.9 Å². The molecule has 2 rings (SSSR count). The third-order valence-electron chi connectivity index (χ3n) is 4.13. The van der Waals surface area contributed by atoms with Crippen molar-refractivity contribution in [3.63, 3.8) is 0 Å². The fraction of sp³-hybridized carbons (Fsp3) is 0.611. The van der Waals surface area contributed by atoms with Crippen molar-refractivity contribution >= 4 is 5.91 Å². The van der Waals surface area contributed by atoms with E-state index in [4.69, 9.17) is 0 Å². The first kappa shape index (κ1) is 16.0. The summed E-state index contributed by atoms with van der Waals surface area (Å²) in [5.41, 5.74) is 1.32. The van der Waals surface area contributed by atoms with Crippen LogP contribution in [0.5, 0.6) is 0 Å². The molecule has 1 amide bonds. The molecule has 1 N–H and O–H groups in total. The second-order valence-corrected chi connectivity index (χ2v) is 5.94. The summed E-state index contributed by atoms with van der Waals surface area (Å²) in [6.45, 7) is 4.57. The zero-order chi connectivity index (χ0) is 14.8. The van der Waals surface area contributed by atoms with Crippen molar-refractivity contribution in [2.24, 2.45) is 0 Å². The quantitative estimate of drug-likeness (QED) is 0.709. The highest BCUT2D eigenvalue weighted by Crippen LogP contribution is 2.08. The average molecular weight is 288 g/mol. The number of hydrogen-bond donors (Lipinski definition) is 1. The first-order valence-electron chi connectivity index (χ1n) is 8.37. The molecule has 3 heteroatoms. The van der Waals surface area contributed by atoms with E-state index < -0.39 is 0 Å². The van der Waals surface area contributed by atoms with Crippen LogP contribution in [0.2, 0.25) is 0 Å². The number of aryl methyl sites for hydroxylation is 1. The third-order valence-corrected chi connectivity index (χ3v) is 4.13. The molecule has 0 bridgehead atoms. The summed E-state index contributed by atoms with van der Waals surface area (Å²) in [7, 11) is 0. The second kappa shape index (κ2) is 9.56. The Hall–Kier alpha value is -1.35. The Morgan fingerprint density at radius 2 is 1.81 bits per heavy atom. The molecule has 1 aliphatic rings. The van der Waals surface area contributed by atoms with Crippen LogP contribution in [0.25, 0.3) is 0 Å². The zero-order valence-corrected chi connectivity index (χ0v) is 13.0. The van der Waals surface area contributed by atoms with Crippen LogP contribution in [0.3, 0.4) is 0 Å². The highest BCUT2D eigenvalue weighted by molar-refractivity contribution is 5.75. The van der Waals surface area contributed by atoms with Gasteiger partial charge in [-0.25, -0.2) is 0 Å². The first-order valence-corrected chi connectivity index (χ1v) is 8.37. The van der Waals surface area contributed by atoms with Gasteiger partial charge in [-0.3, -0.25) is 4.79 Å². The summed E-state index contributed by atoms with van der Waals surface area (Å²) in [4.78, 5) is 14.3. The number of amides is 1. The van der Waals surface area contributed by atoms with Gasteiger partial charge < -0.3 is 10.2 Å². The van der Waals surface area contributed by atoms with Crippen LogP contribution in [0.15, 0.2) is 30.3 Å². The number of likely N-dealkylation sites (tertiary alicyclic amines) is 1. The summed E-state index contributed by atoms with van der Waals surface area (Å²) in [5.74, 6) is 0.201. The van der Waals surface area contributed by atoms with Crippen LogP contribution in [0, 0.1) is 0 Å². The van der Waals surface area contributed by atoms with Crippen molar-refractivity contribution in [3.05, 3.63) is 35.9 Å². The molecular formula is C18H28N2O. The normalized spacial score (nSPS) is 15.2. The van der Waals surface area contributed by atoms with E-state index in [0.29, 0.717) is 6.42 Å². The number of carbonyl (C=O) groups excluding carboxylic acids is 1. The van der Waals surface area contributed by atoms with Crippen LogP contribution in [0.1, 0.15) is 44.1 Å². The third kappa shape index (κ3) is 6.76.